The van der Waals surface area contributed by atoms with Crippen LogP contribution in [0.3, 0.4) is 0 Å². The Balaban J connectivity index is 2.86. The van der Waals surface area contributed by atoms with Crippen molar-refractivity contribution in [2.24, 2.45) is 0 Å². The molecular formula is C11H14O3. The van der Waals surface area contributed by atoms with Gasteiger partial charge < -0.3 is 9.84 Å². The molecule has 0 saturated carbocycles. The molecule has 0 aliphatic rings. The van der Waals surface area contributed by atoms with E-state index in [1.54, 1.807) is 18.2 Å². The van der Waals surface area contributed by atoms with E-state index in [-0.39, 0.29) is 12.7 Å². The lowest BCUT2D eigenvalue weighted by atomic mass is 10.1. The maximum atomic E-state index is 10.5. The van der Waals surface area contributed by atoms with Gasteiger partial charge in [-0.3, -0.25) is 4.79 Å². The molecule has 0 spiro atoms. The summed E-state index contributed by atoms with van der Waals surface area (Å²) in [4.78, 5) is 10.5. The van der Waals surface area contributed by atoms with Crippen molar-refractivity contribution in [2.45, 2.75) is 13.0 Å². The first kappa shape index (κ1) is 10.9. The van der Waals surface area contributed by atoms with E-state index in [2.05, 4.69) is 0 Å². The summed E-state index contributed by atoms with van der Waals surface area (Å²) in [5.41, 5.74) is 1.43. The number of benzene rings is 1. The zero-order valence-electron chi connectivity index (χ0n) is 8.14. The van der Waals surface area contributed by atoms with Crippen LogP contribution < -0.4 is 0 Å². The number of carbonyl (C=O) groups excluding carboxylic acids is 1. The fourth-order valence-corrected chi connectivity index (χ4v) is 1.29. The third-order valence-electron chi connectivity index (χ3n) is 1.95. The molecule has 3 heteroatoms. The van der Waals surface area contributed by atoms with Crippen molar-refractivity contribution >= 4 is 6.29 Å². The molecule has 3 nitrogen and oxygen atoms in total. The standard InChI is InChI=1S/C11H14O3/c1-2-14-11(8-13)10-5-3-4-9(6-10)7-12/h3-7,11,13H,2,8H2,1H3. The van der Waals surface area contributed by atoms with E-state index in [0.29, 0.717) is 12.2 Å². The number of hydrogen-bond acceptors (Lipinski definition) is 3. The molecule has 0 aromatic heterocycles. The summed E-state index contributed by atoms with van der Waals surface area (Å²) < 4.78 is 5.31. The Kier molecular flexibility index (Phi) is 4.29. The second kappa shape index (κ2) is 5.52. The Morgan fingerprint density at radius 2 is 2.36 bits per heavy atom. The van der Waals surface area contributed by atoms with Gasteiger partial charge in [-0.15, -0.1) is 0 Å². The van der Waals surface area contributed by atoms with Gasteiger partial charge in [-0.05, 0) is 18.6 Å². The monoisotopic (exact) mass is 194 g/mol. The Hall–Kier alpha value is -1.19. The summed E-state index contributed by atoms with van der Waals surface area (Å²) in [5.74, 6) is 0. The van der Waals surface area contributed by atoms with Gasteiger partial charge in [-0.25, -0.2) is 0 Å². The van der Waals surface area contributed by atoms with Crippen molar-refractivity contribution in [1.82, 2.24) is 0 Å². The minimum Gasteiger partial charge on any atom is -0.393 e. The average molecular weight is 194 g/mol. The SMILES string of the molecule is CCOC(CO)c1cccc(C=O)c1. The van der Waals surface area contributed by atoms with Gasteiger partial charge >= 0.3 is 0 Å². The fraction of sp³-hybridized carbons (Fsp3) is 0.364. The van der Waals surface area contributed by atoms with E-state index >= 15 is 0 Å². The molecule has 0 radical (unpaired) electrons. The van der Waals surface area contributed by atoms with Crippen LogP contribution in [-0.4, -0.2) is 24.6 Å². The highest BCUT2D eigenvalue weighted by atomic mass is 16.5. The molecule has 0 saturated heterocycles. The van der Waals surface area contributed by atoms with Crippen molar-refractivity contribution in [3.8, 4) is 0 Å². The van der Waals surface area contributed by atoms with Crippen LogP contribution in [-0.2, 0) is 4.74 Å². The summed E-state index contributed by atoms with van der Waals surface area (Å²) >= 11 is 0. The molecule has 76 valence electrons. The Morgan fingerprint density at radius 1 is 1.57 bits per heavy atom. The Morgan fingerprint density at radius 3 is 2.93 bits per heavy atom. The van der Waals surface area contributed by atoms with Crippen LogP contribution in [0.5, 0.6) is 0 Å². The van der Waals surface area contributed by atoms with E-state index in [0.717, 1.165) is 11.8 Å². The third kappa shape index (κ3) is 2.65. The molecule has 0 bridgehead atoms. The highest BCUT2D eigenvalue weighted by molar-refractivity contribution is 5.74. The summed E-state index contributed by atoms with van der Waals surface area (Å²) in [6, 6.07) is 7.06. The summed E-state index contributed by atoms with van der Waals surface area (Å²) in [7, 11) is 0. The van der Waals surface area contributed by atoms with Gasteiger partial charge in [0.25, 0.3) is 0 Å². The van der Waals surface area contributed by atoms with Crippen molar-refractivity contribution < 1.29 is 14.6 Å². The lowest BCUT2D eigenvalue weighted by Crippen LogP contribution is -2.08. The number of rotatable bonds is 5. The number of aliphatic hydroxyl groups excluding tert-OH is 1. The number of carbonyl (C=O) groups is 1. The number of aliphatic hydroxyl groups is 1. The molecule has 1 atom stereocenters. The van der Waals surface area contributed by atoms with E-state index < -0.39 is 0 Å². The second-order valence-corrected chi connectivity index (χ2v) is 2.91. The van der Waals surface area contributed by atoms with Crippen LogP contribution >= 0.6 is 0 Å². The summed E-state index contributed by atoms with van der Waals surface area (Å²) in [6.45, 7) is 2.33. The molecular weight excluding hydrogens is 180 g/mol. The molecule has 1 rings (SSSR count). The first-order valence-corrected chi connectivity index (χ1v) is 4.59. The van der Waals surface area contributed by atoms with Gasteiger partial charge in [0, 0.05) is 12.2 Å². The molecule has 0 fully saturated rings. The molecule has 0 aliphatic carbocycles. The lowest BCUT2D eigenvalue weighted by Gasteiger charge is -2.14. The largest absolute Gasteiger partial charge is 0.393 e. The van der Waals surface area contributed by atoms with Crippen molar-refractivity contribution in [2.75, 3.05) is 13.2 Å². The van der Waals surface area contributed by atoms with Gasteiger partial charge in [0.2, 0.25) is 0 Å². The fourth-order valence-electron chi connectivity index (χ4n) is 1.29. The number of aldehydes is 1. The molecule has 0 heterocycles. The second-order valence-electron chi connectivity index (χ2n) is 2.91. The van der Waals surface area contributed by atoms with Gasteiger partial charge in [0.15, 0.2) is 0 Å². The third-order valence-corrected chi connectivity index (χ3v) is 1.95. The lowest BCUT2D eigenvalue weighted by molar-refractivity contribution is 0.0189. The van der Waals surface area contributed by atoms with Crippen molar-refractivity contribution in [3.63, 3.8) is 0 Å². The van der Waals surface area contributed by atoms with Crippen LogP contribution in [0.15, 0.2) is 24.3 Å². The normalized spacial score (nSPS) is 12.4. The van der Waals surface area contributed by atoms with Crippen LogP contribution in [0.25, 0.3) is 0 Å². The van der Waals surface area contributed by atoms with Crippen LogP contribution in [0.1, 0.15) is 28.9 Å². The predicted octanol–water partition coefficient (Wildman–Crippen LogP) is 1.57. The quantitative estimate of drug-likeness (QED) is 0.724. The first-order valence-electron chi connectivity index (χ1n) is 4.59. The highest BCUT2D eigenvalue weighted by Crippen LogP contribution is 2.17. The highest BCUT2D eigenvalue weighted by Gasteiger charge is 2.09. The molecule has 0 amide bonds. The molecule has 14 heavy (non-hydrogen) atoms. The van der Waals surface area contributed by atoms with Crippen LogP contribution in [0, 0.1) is 0 Å². The van der Waals surface area contributed by atoms with Crippen LogP contribution in [0.2, 0.25) is 0 Å². The molecule has 1 N–H and O–H groups in total. The average Bonchev–Trinajstić information content (AvgIpc) is 2.26. The van der Waals surface area contributed by atoms with Crippen LogP contribution in [0.4, 0.5) is 0 Å². The van der Waals surface area contributed by atoms with E-state index in [9.17, 15) is 4.79 Å². The van der Waals surface area contributed by atoms with Crippen molar-refractivity contribution in [1.29, 1.82) is 0 Å². The Bertz CT molecular complexity index is 296. The minimum absolute atomic E-state index is 0.0733. The molecule has 1 unspecified atom stereocenters. The van der Waals surface area contributed by atoms with Gasteiger partial charge in [-0.2, -0.15) is 0 Å². The number of hydrogen-bond donors (Lipinski definition) is 1. The zero-order chi connectivity index (χ0) is 10.4. The van der Waals surface area contributed by atoms with Gasteiger partial charge in [-0.1, -0.05) is 18.2 Å². The molecule has 1 aromatic carbocycles. The maximum absolute atomic E-state index is 10.5. The zero-order valence-corrected chi connectivity index (χ0v) is 8.14. The van der Waals surface area contributed by atoms with Gasteiger partial charge in [0.1, 0.15) is 12.4 Å². The smallest absolute Gasteiger partial charge is 0.150 e. The topological polar surface area (TPSA) is 46.5 Å². The van der Waals surface area contributed by atoms with E-state index in [1.807, 2.05) is 13.0 Å². The summed E-state index contributed by atoms with van der Waals surface area (Å²) in [5, 5.41) is 9.06. The maximum Gasteiger partial charge on any atom is 0.150 e. The predicted molar refractivity (Wildman–Crippen MR) is 53.3 cm³/mol. The molecule has 1 aromatic rings. The van der Waals surface area contributed by atoms with Crippen molar-refractivity contribution in [3.05, 3.63) is 35.4 Å². The molecule has 0 aliphatic heterocycles. The minimum atomic E-state index is -0.333. The Labute approximate surface area is 83.3 Å². The van der Waals surface area contributed by atoms with E-state index in [4.69, 9.17) is 9.84 Å². The van der Waals surface area contributed by atoms with E-state index in [1.165, 1.54) is 0 Å². The summed E-state index contributed by atoms with van der Waals surface area (Å²) in [6.07, 6.45) is 0.448. The van der Waals surface area contributed by atoms with Gasteiger partial charge in [0.05, 0.1) is 6.61 Å². The first-order chi connectivity index (χ1) is 6.81. The number of ether oxygens (including phenoxy) is 1.